The Labute approximate surface area is 105 Å². The number of hydrogen-bond acceptors (Lipinski definition) is 6. The highest BCUT2D eigenvalue weighted by Gasteiger charge is 2.33. The Morgan fingerprint density at radius 2 is 2.00 bits per heavy atom. The molecule has 0 atom stereocenters. The van der Waals surface area contributed by atoms with Crippen LogP contribution in [0.3, 0.4) is 0 Å². The van der Waals surface area contributed by atoms with E-state index in [4.69, 9.17) is 9.47 Å². The van der Waals surface area contributed by atoms with Crippen molar-refractivity contribution in [1.82, 2.24) is 4.98 Å². The SMILES string of the molecule is CC1(c2cccc(COS(C)(=O)=O)n2)OC=CO1. The average molecular weight is 271 g/mol. The third kappa shape index (κ3) is 2.99. The number of nitrogens with zero attached hydrogens (tertiary/aromatic N) is 1. The van der Waals surface area contributed by atoms with Gasteiger partial charge in [-0.1, -0.05) is 6.07 Å². The van der Waals surface area contributed by atoms with Gasteiger partial charge in [0.1, 0.15) is 24.8 Å². The Hall–Kier alpha value is -1.60. The predicted octanol–water partition coefficient (Wildman–Crippen LogP) is 1.25. The molecule has 1 aliphatic heterocycles. The lowest BCUT2D eigenvalue weighted by molar-refractivity contribution is -0.136. The molecule has 0 bridgehead atoms. The van der Waals surface area contributed by atoms with Crippen LogP contribution in [0.5, 0.6) is 0 Å². The molecule has 0 saturated carbocycles. The van der Waals surface area contributed by atoms with E-state index >= 15 is 0 Å². The van der Waals surface area contributed by atoms with E-state index in [9.17, 15) is 8.42 Å². The standard InChI is InChI=1S/C11H13NO5S/c1-11(15-6-7-16-11)10-5-3-4-9(12-10)8-17-18(2,13)14/h3-7H,8H2,1-2H3. The molecule has 7 heteroatoms. The van der Waals surface area contributed by atoms with Crippen LogP contribution in [0.4, 0.5) is 0 Å². The second-order valence-electron chi connectivity index (χ2n) is 3.93. The molecule has 1 aromatic heterocycles. The molecule has 2 rings (SSSR count). The molecular weight excluding hydrogens is 258 g/mol. The summed E-state index contributed by atoms with van der Waals surface area (Å²) in [6.45, 7) is 1.60. The van der Waals surface area contributed by atoms with Gasteiger partial charge < -0.3 is 9.47 Å². The molecule has 0 spiro atoms. The Balaban J connectivity index is 2.15. The monoisotopic (exact) mass is 271 g/mol. The van der Waals surface area contributed by atoms with E-state index < -0.39 is 15.9 Å². The zero-order chi connectivity index (χ0) is 13.2. The van der Waals surface area contributed by atoms with Crippen LogP contribution in [0.15, 0.2) is 30.7 Å². The summed E-state index contributed by atoms with van der Waals surface area (Å²) in [4.78, 5) is 4.25. The first kappa shape index (κ1) is 12.8. The highest BCUT2D eigenvalue weighted by atomic mass is 32.2. The van der Waals surface area contributed by atoms with Crippen LogP contribution in [-0.4, -0.2) is 19.7 Å². The van der Waals surface area contributed by atoms with Gasteiger partial charge in [0.15, 0.2) is 0 Å². The molecule has 0 aromatic carbocycles. The highest BCUT2D eigenvalue weighted by molar-refractivity contribution is 7.85. The van der Waals surface area contributed by atoms with Crippen LogP contribution in [0, 0.1) is 0 Å². The number of hydrogen-bond donors (Lipinski definition) is 0. The van der Waals surface area contributed by atoms with Gasteiger partial charge in [-0.15, -0.1) is 0 Å². The van der Waals surface area contributed by atoms with E-state index in [0.717, 1.165) is 6.26 Å². The Morgan fingerprint density at radius 1 is 1.33 bits per heavy atom. The van der Waals surface area contributed by atoms with Crippen molar-refractivity contribution in [2.75, 3.05) is 6.26 Å². The van der Waals surface area contributed by atoms with E-state index in [1.165, 1.54) is 12.5 Å². The van der Waals surface area contributed by atoms with Crippen LogP contribution in [0.1, 0.15) is 18.3 Å². The maximum atomic E-state index is 10.9. The van der Waals surface area contributed by atoms with Gasteiger partial charge in [0.05, 0.1) is 11.9 Å². The van der Waals surface area contributed by atoms with Gasteiger partial charge in [-0.25, -0.2) is 4.98 Å². The molecule has 0 aliphatic carbocycles. The van der Waals surface area contributed by atoms with Gasteiger partial charge in [-0.2, -0.15) is 8.42 Å². The summed E-state index contributed by atoms with van der Waals surface area (Å²) in [5.41, 5.74) is 1.03. The van der Waals surface area contributed by atoms with Crippen LogP contribution >= 0.6 is 0 Å². The molecule has 0 amide bonds. The fourth-order valence-electron chi connectivity index (χ4n) is 1.44. The summed E-state index contributed by atoms with van der Waals surface area (Å²) in [6.07, 6.45) is 3.86. The lowest BCUT2D eigenvalue weighted by Gasteiger charge is -2.22. The fraction of sp³-hybridized carbons (Fsp3) is 0.364. The normalized spacial score (nSPS) is 17.2. The third-order valence-electron chi connectivity index (χ3n) is 2.33. The topological polar surface area (TPSA) is 74.7 Å². The number of ether oxygens (including phenoxy) is 2. The average Bonchev–Trinajstić information content (AvgIpc) is 2.75. The largest absolute Gasteiger partial charge is 0.452 e. The summed E-state index contributed by atoms with van der Waals surface area (Å²) in [5, 5.41) is 0. The highest BCUT2D eigenvalue weighted by Crippen LogP contribution is 2.30. The molecule has 0 unspecified atom stereocenters. The molecule has 6 nitrogen and oxygen atoms in total. The first-order chi connectivity index (χ1) is 8.39. The second kappa shape index (κ2) is 4.58. The Morgan fingerprint density at radius 3 is 2.61 bits per heavy atom. The summed E-state index contributed by atoms with van der Waals surface area (Å²) in [5.74, 6) is -0.971. The van der Waals surface area contributed by atoms with Crippen LogP contribution in [0.2, 0.25) is 0 Å². The lowest BCUT2D eigenvalue weighted by atomic mass is 10.2. The van der Waals surface area contributed by atoms with Crippen molar-refractivity contribution in [1.29, 1.82) is 0 Å². The fourth-order valence-corrected chi connectivity index (χ4v) is 1.78. The first-order valence-electron chi connectivity index (χ1n) is 5.20. The summed E-state index contributed by atoms with van der Waals surface area (Å²) in [6, 6.07) is 5.14. The maximum absolute atomic E-state index is 10.9. The van der Waals surface area contributed by atoms with E-state index in [2.05, 4.69) is 9.17 Å². The molecule has 0 radical (unpaired) electrons. The van der Waals surface area contributed by atoms with Gasteiger partial charge in [0, 0.05) is 6.92 Å². The van der Waals surface area contributed by atoms with E-state index in [1.807, 2.05) is 0 Å². The van der Waals surface area contributed by atoms with Crippen molar-refractivity contribution in [3.05, 3.63) is 42.1 Å². The van der Waals surface area contributed by atoms with Crippen LogP contribution in [-0.2, 0) is 36.2 Å². The first-order valence-corrected chi connectivity index (χ1v) is 7.02. The number of rotatable bonds is 4. The lowest BCUT2D eigenvalue weighted by Crippen LogP contribution is -2.24. The minimum atomic E-state index is -3.48. The smallest absolute Gasteiger partial charge is 0.290 e. The molecule has 1 aromatic rings. The molecular formula is C11H13NO5S. The van der Waals surface area contributed by atoms with Crippen molar-refractivity contribution in [3.8, 4) is 0 Å². The van der Waals surface area contributed by atoms with Crippen molar-refractivity contribution < 1.29 is 22.1 Å². The van der Waals surface area contributed by atoms with Crippen molar-refractivity contribution >= 4 is 10.1 Å². The van der Waals surface area contributed by atoms with Crippen LogP contribution in [0.25, 0.3) is 0 Å². The minimum absolute atomic E-state index is 0.115. The van der Waals surface area contributed by atoms with Crippen molar-refractivity contribution in [2.24, 2.45) is 0 Å². The van der Waals surface area contributed by atoms with E-state index in [0.29, 0.717) is 11.4 Å². The third-order valence-corrected chi connectivity index (χ3v) is 2.88. The molecule has 0 fully saturated rings. The maximum Gasteiger partial charge on any atom is 0.290 e. The van der Waals surface area contributed by atoms with Gasteiger partial charge in [-0.05, 0) is 12.1 Å². The van der Waals surface area contributed by atoms with Crippen LogP contribution < -0.4 is 0 Å². The molecule has 18 heavy (non-hydrogen) atoms. The van der Waals surface area contributed by atoms with Gasteiger partial charge in [0.25, 0.3) is 15.9 Å². The van der Waals surface area contributed by atoms with Crippen molar-refractivity contribution in [2.45, 2.75) is 19.3 Å². The summed E-state index contributed by atoms with van der Waals surface area (Å²) < 4.78 is 37.1. The van der Waals surface area contributed by atoms with Gasteiger partial charge in [0.2, 0.25) is 0 Å². The summed E-state index contributed by atoms with van der Waals surface area (Å²) >= 11 is 0. The minimum Gasteiger partial charge on any atom is -0.452 e. The number of pyridine rings is 1. The zero-order valence-electron chi connectivity index (χ0n) is 9.99. The van der Waals surface area contributed by atoms with E-state index in [-0.39, 0.29) is 6.61 Å². The molecule has 1 aliphatic rings. The number of aromatic nitrogens is 1. The molecule has 2 heterocycles. The van der Waals surface area contributed by atoms with E-state index in [1.54, 1.807) is 25.1 Å². The van der Waals surface area contributed by atoms with Gasteiger partial charge in [-0.3, -0.25) is 4.18 Å². The molecule has 0 N–H and O–H groups in total. The zero-order valence-corrected chi connectivity index (χ0v) is 10.8. The quantitative estimate of drug-likeness (QED) is 0.767. The van der Waals surface area contributed by atoms with Gasteiger partial charge >= 0.3 is 0 Å². The second-order valence-corrected chi connectivity index (χ2v) is 5.58. The summed E-state index contributed by atoms with van der Waals surface area (Å²) in [7, 11) is -3.48. The van der Waals surface area contributed by atoms with Crippen molar-refractivity contribution in [3.63, 3.8) is 0 Å². The Bertz CT molecular complexity index is 559. The Kier molecular flexibility index (Phi) is 3.27. The molecule has 0 saturated heterocycles. The predicted molar refractivity (Wildman–Crippen MR) is 62.5 cm³/mol. The molecule has 98 valence electrons.